The Morgan fingerprint density at radius 2 is 2.11 bits per heavy atom. The Hall–Kier alpha value is -1.42. The summed E-state index contributed by atoms with van der Waals surface area (Å²) >= 11 is 0. The second-order valence-corrected chi connectivity index (χ2v) is 5.11. The number of rotatable bonds is 6. The van der Waals surface area contributed by atoms with Crippen molar-refractivity contribution in [3.05, 3.63) is 35.1 Å². The minimum Gasteiger partial charge on any atom is -0.384 e. The van der Waals surface area contributed by atoms with Gasteiger partial charge < -0.3 is 10.6 Å². The molecule has 1 aromatic carbocycles. The van der Waals surface area contributed by atoms with Gasteiger partial charge in [-0.15, -0.1) is 0 Å². The topological polar surface area (TPSA) is 53.1 Å². The second kappa shape index (κ2) is 6.50. The van der Waals surface area contributed by atoms with Gasteiger partial charge in [-0.25, -0.2) is 4.39 Å². The van der Waals surface area contributed by atoms with Gasteiger partial charge in [0, 0.05) is 12.1 Å². The first-order valence-electron chi connectivity index (χ1n) is 6.22. The van der Waals surface area contributed by atoms with Gasteiger partial charge in [0.15, 0.2) is 0 Å². The highest BCUT2D eigenvalue weighted by Crippen LogP contribution is 2.14. The van der Waals surface area contributed by atoms with Crippen LogP contribution >= 0.6 is 0 Å². The maximum absolute atomic E-state index is 14.0. The number of nitrogens with one attached hydrogen (secondary N) is 1. The van der Waals surface area contributed by atoms with Crippen molar-refractivity contribution >= 4 is 5.84 Å². The lowest BCUT2D eigenvalue weighted by atomic mass is 10.1. The molecular weight excluding hydrogens is 229 g/mol. The molecule has 4 heteroatoms. The van der Waals surface area contributed by atoms with Crippen LogP contribution in [0, 0.1) is 17.1 Å². The predicted octanol–water partition coefficient (Wildman–Crippen LogP) is 2.59. The number of hydrogen-bond acceptors (Lipinski definition) is 2. The van der Waals surface area contributed by atoms with Crippen LogP contribution in [0.3, 0.4) is 0 Å². The Kier molecular flexibility index (Phi) is 5.28. The second-order valence-electron chi connectivity index (χ2n) is 5.11. The van der Waals surface area contributed by atoms with E-state index in [-0.39, 0.29) is 17.2 Å². The zero-order chi connectivity index (χ0) is 13.7. The summed E-state index contributed by atoms with van der Waals surface area (Å²) in [6, 6.07) is 5.02. The molecule has 0 amide bonds. The molecule has 0 aromatic heterocycles. The van der Waals surface area contributed by atoms with Crippen molar-refractivity contribution in [1.82, 2.24) is 4.90 Å². The van der Waals surface area contributed by atoms with Crippen LogP contribution in [0.5, 0.6) is 0 Å². The average Bonchev–Trinajstić information content (AvgIpc) is 2.29. The summed E-state index contributed by atoms with van der Waals surface area (Å²) in [4.78, 5) is 2.09. The molecule has 0 aliphatic heterocycles. The molecule has 0 aliphatic rings. The molecule has 0 radical (unpaired) electrons. The molecule has 0 spiro atoms. The van der Waals surface area contributed by atoms with Gasteiger partial charge in [0.25, 0.3) is 0 Å². The van der Waals surface area contributed by atoms with E-state index >= 15 is 0 Å². The summed E-state index contributed by atoms with van der Waals surface area (Å²) in [6.45, 7) is 5.82. The minimum atomic E-state index is -0.374. The maximum Gasteiger partial charge on any atom is 0.138 e. The maximum atomic E-state index is 14.0. The Bertz CT molecular complexity index is 416. The van der Waals surface area contributed by atoms with Crippen LogP contribution < -0.4 is 5.73 Å². The Morgan fingerprint density at radius 1 is 1.44 bits per heavy atom. The van der Waals surface area contributed by atoms with Crippen molar-refractivity contribution in [3.8, 4) is 0 Å². The molecule has 1 aromatic rings. The van der Waals surface area contributed by atoms with Gasteiger partial charge in [-0.1, -0.05) is 26.0 Å². The molecule has 0 bridgehead atoms. The number of halogens is 1. The van der Waals surface area contributed by atoms with Gasteiger partial charge in [-0.3, -0.25) is 5.41 Å². The molecule has 100 valence electrons. The van der Waals surface area contributed by atoms with Crippen molar-refractivity contribution in [2.24, 2.45) is 11.7 Å². The zero-order valence-electron chi connectivity index (χ0n) is 11.3. The zero-order valence-corrected chi connectivity index (χ0v) is 11.3. The average molecular weight is 251 g/mol. The fraction of sp³-hybridized carbons (Fsp3) is 0.500. The number of amidine groups is 1. The smallest absolute Gasteiger partial charge is 0.138 e. The van der Waals surface area contributed by atoms with Crippen molar-refractivity contribution in [2.45, 2.75) is 26.8 Å². The quantitative estimate of drug-likeness (QED) is 0.603. The van der Waals surface area contributed by atoms with Gasteiger partial charge in [0.05, 0.1) is 5.56 Å². The van der Waals surface area contributed by atoms with Crippen molar-refractivity contribution in [3.63, 3.8) is 0 Å². The molecule has 1 rings (SSSR count). The van der Waals surface area contributed by atoms with Crippen LogP contribution in [0.4, 0.5) is 4.39 Å². The molecule has 18 heavy (non-hydrogen) atoms. The molecule has 0 fully saturated rings. The summed E-state index contributed by atoms with van der Waals surface area (Å²) < 4.78 is 14.0. The van der Waals surface area contributed by atoms with Crippen molar-refractivity contribution in [1.29, 1.82) is 5.41 Å². The van der Waals surface area contributed by atoms with Crippen molar-refractivity contribution in [2.75, 3.05) is 13.6 Å². The predicted molar refractivity (Wildman–Crippen MR) is 73.2 cm³/mol. The standard InChI is InChI=1S/C14H22FN3/c1-10(2)7-8-18(3)9-11-5-4-6-12(13(11)15)14(16)17/h4-6,10H,7-9H2,1-3H3,(H3,16,17). The lowest BCUT2D eigenvalue weighted by molar-refractivity contribution is 0.299. The van der Waals surface area contributed by atoms with Crippen LogP contribution in [0.25, 0.3) is 0 Å². The Balaban J connectivity index is 2.73. The molecule has 0 unspecified atom stereocenters. The van der Waals surface area contributed by atoms with Gasteiger partial charge >= 0.3 is 0 Å². The lowest BCUT2D eigenvalue weighted by Crippen LogP contribution is -2.22. The Labute approximate surface area is 108 Å². The van der Waals surface area contributed by atoms with Gasteiger partial charge in [-0.2, -0.15) is 0 Å². The Morgan fingerprint density at radius 3 is 2.67 bits per heavy atom. The molecule has 0 heterocycles. The number of nitrogens with zero attached hydrogens (tertiary/aromatic N) is 1. The van der Waals surface area contributed by atoms with E-state index in [1.807, 2.05) is 7.05 Å². The molecule has 0 saturated heterocycles. The third kappa shape index (κ3) is 4.11. The van der Waals surface area contributed by atoms with Crippen molar-refractivity contribution < 1.29 is 4.39 Å². The van der Waals surface area contributed by atoms with Gasteiger partial charge in [0.2, 0.25) is 0 Å². The monoisotopic (exact) mass is 251 g/mol. The van der Waals surface area contributed by atoms with E-state index in [9.17, 15) is 4.39 Å². The fourth-order valence-corrected chi connectivity index (χ4v) is 1.76. The summed E-state index contributed by atoms with van der Waals surface area (Å²) in [5.74, 6) is 0.0430. The fourth-order valence-electron chi connectivity index (χ4n) is 1.76. The van der Waals surface area contributed by atoms with E-state index in [1.54, 1.807) is 12.1 Å². The normalized spacial score (nSPS) is 11.2. The molecule has 0 atom stereocenters. The highest BCUT2D eigenvalue weighted by atomic mass is 19.1. The third-order valence-electron chi connectivity index (χ3n) is 2.90. The highest BCUT2D eigenvalue weighted by Gasteiger charge is 2.11. The largest absolute Gasteiger partial charge is 0.384 e. The summed E-state index contributed by atoms with van der Waals surface area (Å²) in [6.07, 6.45) is 1.09. The molecular formula is C14H22FN3. The first-order chi connectivity index (χ1) is 8.41. The van der Waals surface area contributed by atoms with E-state index in [1.165, 1.54) is 6.07 Å². The minimum absolute atomic E-state index is 0.185. The molecule has 0 saturated carbocycles. The van der Waals surface area contributed by atoms with E-state index < -0.39 is 0 Å². The number of benzene rings is 1. The number of nitrogens with two attached hydrogens (primary N) is 1. The number of nitrogen functional groups attached to an aromatic ring is 1. The molecule has 0 aliphatic carbocycles. The summed E-state index contributed by atoms with van der Waals surface area (Å²) in [5.41, 5.74) is 6.12. The first-order valence-corrected chi connectivity index (χ1v) is 6.22. The van der Waals surface area contributed by atoms with E-state index in [0.717, 1.165) is 13.0 Å². The van der Waals surface area contributed by atoms with E-state index in [4.69, 9.17) is 11.1 Å². The van der Waals surface area contributed by atoms with E-state index in [0.29, 0.717) is 18.0 Å². The van der Waals surface area contributed by atoms with E-state index in [2.05, 4.69) is 18.7 Å². The summed E-state index contributed by atoms with van der Waals surface area (Å²) in [7, 11) is 1.97. The molecule has 3 nitrogen and oxygen atoms in total. The van der Waals surface area contributed by atoms with Gasteiger partial charge in [0.1, 0.15) is 11.7 Å². The first kappa shape index (κ1) is 14.6. The lowest BCUT2D eigenvalue weighted by Gasteiger charge is -2.18. The molecule has 3 N–H and O–H groups in total. The van der Waals surface area contributed by atoms with Gasteiger partial charge in [-0.05, 0) is 32.0 Å². The van der Waals surface area contributed by atoms with Crippen LogP contribution in [0.2, 0.25) is 0 Å². The van der Waals surface area contributed by atoms with Crippen LogP contribution in [-0.2, 0) is 6.54 Å². The highest BCUT2D eigenvalue weighted by molar-refractivity contribution is 5.95. The number of hydrogen-bond donors (Lipinski definition) is 2. The van der Waals surface area contributed by atoms with Crippen LogP contribution in [0.15, 0.2) is 18.2 Å². The third-order valence-corrected chi connectivity index (χ3v) is 2.90. The van der Waals surface area contributed by atoms with Crippen LogP contribution in [-0.4, -0.2) is 24.3 Å². The van der Waals surface area contributed by atoms with Crippen LogP contribution in [0.1, 0.15) is 31.4 Å². The summed E-state index contributed by atoms with van der Waals surface area (Å²) in [5, 5.41) is 7.32. The SMILES string of the molecule is CC(C)CCN(C)Cc1cccc(C(=N)N)c1F.